The van der Waals surface area contributed by atoms with Crippen LogP contribution in [0.1, 0.15) is 67.2 Å². The molecule has 0 aromatic rings. The number of rotatable bonds is 3. The highest BCUT2D eigenvalue weighted by Crippen LogP contribution is 2.60. The molecule has 33 heavy (non-hydrogen) atoms. The van der Waals surface area contributed by atoms with Crippen LogP contribution >= 0.6 is 0 Å². The van der Waals surface area contributed by atoms with E-state index in [1.165, 1.54) is 6.92 Å². The predicted octanol–water partition coefficient (Wildman–Crippen LogP) is 3.87. The van der Waals surface area contributed by atoms with Crippen LogP contribution in [0.3, 0.4) is 0 Å². The Kier molecular flexibility index (Phi) is 5.85. The number of ether oxygens (including phenoxy) is 2. The summed E-state index contributed by atoms with van der Waals surface area (Å²) in [6, 6.07) is 0. The Morgan fingerprint density at radius 1 is 1.15 bits per heavy atom. The number of ketones is 2. The summed E-state index contributed by atoms with van der Waals surface area (Å²) < 4.78 is 11.9. The Morgan fingerprint density at radius 2 is 1.85 bits per heavy atom. The van der Waals surface area contributed by atoms with Gasteiger partial charge in [0.1, 0.15) is 12.2 Å². The SMILES string of the molecule is CC(=O)OCC1=CC(C2C(C)(O)C(=O)C=C3C(C)(C)CCCC32C)OC2C=C(C)C(=O)CC12. The number of carbonyl (C=O) groups is 3. The van der Waals surface area contributed by atoms with Crippen molar-refractivity contribution in [2.24, 2.45) is 22.7 Å². The lowest BCUT2D eigenvalue weighted by Gasteiger charge is -2.58. The van der Waals surface area contributed by atoms with Gasteiger partial charge in [-0.2, -0.15) is 0 Å². The van der Waals surface area contributed by atoms with Gasteiger partial charge in [0.15, 0.2) is 11.6 Å². The van der Waals surface area contributed by atoms with Gasteiger partial charge in [-0.25, -0.2) is 0 Å². The van der Waals surface area contributed by atoms with E-state index in [0.717, 1.165) is 30.4 Å². The lowest BCUT2D eigenvalue weighted by atomic mass is 9.49. The Balaban J connectivity index is 1.81. The van der Waals surface area contributed by atoms with Crippen molar-refractivity contribution < 1.29 is 29.0 Å². The van der Waals surface area contributed by atoms with Gasteiger partial charge in [0.05, 0.1) is 12.2 Å². The van der Waals surface area contributed by atoms with Crippen LogP contribution in [0.4, 0.5) is 0 Å². The topological polar surface area (TPSA) is 89.9 Å². The summed E-state index contributed by atoms with van der Waals surface area (Å²) in [6.07, 6.45) is 7.63. The first-order chi connectivity index (χ1) is 15.3. The molecule has 6 nitrogen and oxygen atoms in total. The Hall–Kier alpha value is -2.05. The van der Waals surface area contributed by atoms with Crippen molar-refractivity contribution in [3.8, 4) is 0 Å². The second kappa shape index (κ2) is 8.02. The molecule has 0 radical (unpaired) electrons. The van der Waals surface area contributed by atoms with E-state index in [9.17, 15) is 19.5 Å². The third kappa shape index (κ3) is 3.95. The van der Waals surface area contributed by atoms with Crippen LogP contribution in [-0.4, -0.2) is 47.1 Å². The number of fused-ring (bicyclic) bond motifs is 2. The first-order valence-corrected chi connectivity index (χ1v) is 12.0. The molecular formula is C27H36O6. The molecule has 3 aliphatic carbocycles. The van der Waals surface area contributed by atoms with Crippen LogP contribution in [0.15, 0.2) is 34.9 Å². The van der Waals surface area contributed by atoms with Crippen LogP contribution in [0, 0.1) is 22.7 Å². The molecule has 1 heterocycles. The van der Waals surface area contributed by atoms with Crippen LogP contribution in [-0.2, 0) is 23.9 Å². The minimum absolute atomic E-state index is 0.0538. The molecule has 6 atom stereocenters. The molecule has 6 unspecified atom stereocenters. The Morgan fingerprint density at radius 3 is 2.52 bits per heavy atom. The average molecular weight is 457 g/mol. The van der Waals surface area contributed by atoms with Crippen molar-refractivity contribution in [1.82, 2.24) is 0 Å². The van der Waals surface area contributed by atoms with E-state index >= 15 is 0 Å². The van der Waals surface area contributed by atoms with Crippen LogP contribution in [0.5, 0.6) is 0 Å². The van der Waals surface area contributed by atoms with E-state index in [1.54, 1.807) is 19.9 Å². The minimum atomic E-state index is -1.60. The zero-order valence-electron chi connectivity index (χ0n) is 20.6. The van der Waals surface area contributed by atoms with E-state index in [1.807, 2.05) is 12.2 Å². The molecule has 1 fully saturated rings. The van der Waals surface area contributed by atoms with Crippen molar-refractivity contribution in [3.63, 3.8) is 0 Å². The van der Waals surface area contributed by atoms with Crippen LogP contribution in [0.25, 0.3) is 0 Å². The smallest absolute Gasteiger partial charge is 0.302 e. The first-order valence-electron chi connectivity index (χ1n) is 12.0. The zero-order chi connectivity index (χ0) is 24.3. The molecule has 0 spiro atoms. The summed E-state index contributed by atoms with van der Waals surface area (Å²) in [6.45, 7) is 11.3. The maximum absolute atomic E-state index is 13.2. The summed E-state index contributed by atoms with van der Waals surface area (Å²) in [4.78, 5) is 37.2. The Bertz CT molecular complexity index is 981. The van der Waals surface area contributed by atoms with Gasteiger partial charge in [-0.15, -0.1) is 0 Å². The maximum atomic E-state index is 13.2. The van der Waals surface area contributed by atoms with Crippen molar-refractivity contribution >= 4 is 17.5 Å². The monoisotopic (exact) mass is 456 g/mol. The highest BCUT2D eigenvalue weighted by molar-refractivity contribution is 5.99. The molecule has 0 aromatic carbocycles. The molecule has 1 saturated carbocycles. The number of hydrogen-bond donors (Lipinski definition) is 1. The lowest BCUT2D eigenvalue weighted by molar-refractivity contribution is -0.166. The summed E-state index contributed by atoms with van der Waals surface area (Å²) in [5.41, 5.74) is 0.377. The Labute approximate surface area is 196 Å². The second-order valence-electron chi connectivity index (χ2n) is 11.4. The number of hydrogen-bond acceptors (Lipinski definition) is 6. The molecular weight excluding hydrogens is 420 g/mol. The predicted molar refractivity (Wildman–Crippen MR) is 123 cm³/mol. The first kappa shape index (κ1) is 24.1. The van der Waals surface area contributed by atoms with E-state index in [0.29, 0.717) is 12.0 Å². The number of carbonyl (C=O) groups excluding carboxylic acids is 3. The third-order valence-electron chi connectivity index (χ3n) is 8.50. The quantitative estimate of drug-likeness (QED) is 0.512. The molecule has 4 aliphatic rings. The van der Waals surface area contributed by atoms with Gasteiger partial charge in [0.2, 0.25) is 0 Å². The molecule has 1 aliphatic heterocycles. The molecule has 0 bridgehead atoms. The van der Waals surface area contributed by atoms with Crippen molar-refractivity contribution in [1.29, 1.82) is 0 Å². The third-order valence-corrected chi connectivity index (χ3v) is 8.50. The summed E-state index contributed by atoms with van der Waals surface area (Å²) in [5.74, 6) is -1.35. The highest BCUT2D eigenvalue weighted by atomic mass is 16.5. The molecule has 0 aromatic heterocycles. The van der Waals surface area contributed by atoms with Gasteiger partial charge in [0, 0.05) is 25.2 Å². The fourth-order valence-electron chi connectivity index (χ4n) is 6.84. The van der Waals surface area contributed by atoms with Crippen LogP contribution < -0.4 is 0 Å². The van der Waals surface area contributed by atoms with Gasteiger partial charge in [-0.3, -0.25) is 14.4 Å². The van der Waals surface area contributed by atoms with Crippen molar-refractivity contribution in [2.45, 2.75) is 85.0 Å². The van der Waals surface area contributed by atoms with Crippen molar-refractivity contribution in [2.75, 3.05) is 6.61 Å². The van der Waals surface area contributed by atoms with E-state index in [4.69, 9.17) is 9.47 Å². The highest BCUT2D eigenvalue weighted by Gasteiger charge is 2.60. The molecule has 1 N–H and O–H groups in total. The van der Waals surface area contributed by atoms with E-state index in [2.05, 4.69) is 20.8 Å². The molecule has 6 heteroatoms. The fourth-order valence-corrected chi connectivity index (χ4v) is 6.84. The number of aliphatic hydroxyl groups is 1. The van der Waals surface area contributed by atoms with Gasteiger partial charge in [-0.1, -0.05) is 38.8 Å². The normalized spacial score (nSPS) is 40.2. The molecule has 0 saturated heterocycles. The van der Waals surface area contributed by atoms with Gasteiger partial charge in [-0.05, 0) is 60.8 Å². The average Bonchev–Trinajstić information content (AvgIpc) is 2.69. The van der Waals surface area contributed by atoms with Gasteiger partial charge < -0.3 is 14.6 Å². The summed E-state index contributed by atoms with van der Waals surface area (Å²) in [7, 11) is 0. The largest absolute Gasteiger partial charge is 0.461 e. The van der Waals surface area contributed by atoms with E-state index < -0.39 is 29.0 Å². The van der Waals surface area contributed by atoms with E-state index in [-0.39, 0.29) is 35.6 Å². The van der Waals surface area contributed by atoms with Gasteiger partial charge >= 0.3 is 5.97 Å². The van der Waals surface area contributed by atoms with Crippen LogP contribution in [0.2, 0.25) is 0 Å². The molecule has 0 amide bonds. The second-order valence-corrected chi connectivity index (χ2v) is 11.4. The van der Waals surface area contributed by atoms with Gasteiger partial charge in [0.25, 0.3) is 0 Å². The maximum Gasteiger partial charge on any atom is 0.302 e. The summed E-state index contributed by atoms with van der Waals surface area (Å²) in [5, 5.41) is 11.6. The standard InChI is InChI=1S/C27H36O6/c1-15-10-20-18(12-19(15)29)17(14-32-16(2)28)11-21(33-20)24-26(5)9-7-8-25(3,4)22(26)13-23(30)27(24,6)31/h10-11,13,18,20-21,24,31H,7-9,12,14H2,1-6H3. The lowest BCUT2D eigenvalue weighted by Crippen LogP contribution is -2.61. The number of esters is 1. The minimum Gasteiger partial charge on any atom is -0.461 e. The number of allylic oxidation sites excluding steroid dienone is 2. The molecule has 4 rings (SSSR count). The molecule has 180 valence electrons. The van der Waals surface area contributed by atoms with Crippen molar-refractivity contribution in [3.05, 3.63) is 34.9 Å². The number of Topliss-reactive ketones (excluding diaryl/α,β-unsaturated/α-hetero) is 1. The zero-order valence-corrected chi connectivity index (χ0v) is 20.6. The summed E-state index contributed by atoms with van der Waals surface area (Å²) >= 11 is 0. The fraction of sp³-hybridized carbons (Fsp3) is 0.667.